The molecule has 0 saturated heterocycles. The molecule has 6 heteroatoms. The minimum absolute atomic E-state index is 0.154. The molecule has 0 N–H and O–H groups in total. The lowest BCUT2D eigenvalue weighted by atomic mass is 9.70. The summed E-state index contributed by atoms with van der Waals surface area (Å²) in [6.07, 6.45) is 31.8. The zero-order chi connectivity index (χ0) is 56.7. The van der Waals surface area contributed by atoms with Crippen LogP contribution in [0.5, 0.6) is 23.0 Å². The van der Waals surface area contributed by atoms with Crippen molar-refractivity contribution in [1.29, 1.82) is 0 Å². The van der Waals surface area contributed by atoms with Gasteiger partial charge in [0.2, 0.25) is 0 Å². The number of hydrogen-bond donors (Lipinski definition) is 0. The van der Waals surface area contributed by atoms with E-state index in [1.165, 1.54) is 151 Å². The highest BCUT2D eigenvalue weighted by Crippen LogP contribution is 2.54. The molecule has 0 radical (unpaired) electrons. The van der Waals surface area contributed by atoms with Gasteiger partial charge in [0.15, 0.2) is 0 Å². The Balaban J connectivity index is 0.979. The smallest absolute Gasteiger partial charge is 0.343 e. The number of ether oxygens (including phenoxy) is 4. The molecule has 0 saturated carbocycles. The van der Waals surface area contributed by atoms with Crippen LogP contribution in [-0.2, 0) is 5.41 Å². The van der Waals surface area contributed by atoms with E-state index in [9.17, 15) is 9.59 Å². The third kappa shape index (κ3) is 19.6. The summed E-state index contributed by atoms with van der Waals surface area (Å²) in [5.74, 6) is 15.5. The van der Waals surface area contributed by atoms with Gasteiger partial charge in [-0.25, -0.2) is 9.59 Å². The standard InChI is InChI=1S/C75H90O6/c1-5-9-13-17-19-21-23-27-55-78-65-47-39-63(40-48-65)73(76)80-67-43-33-59(34-44-67)29-31-61-37-51-69-70-52-38-62(58-72(70)75(71(69)57-61,53-25-15-11-7-3)54-26-16-12-8-4)32-30-60-35-45-68(46-36-60)81-74(77)64-41-49-66(50-42-64)79-56-28-24-22-20-18-14-10-6-2/h33-52,57-58H,5-28,53-56H2,1-4H3. The number of fused-ring (bicyclic) bond motifs is 3. The number of rotatable bonds is 34. The van der Waals surface area contributed by atoms with E-state index in [-0.39, 0.29) is 5.41 Å². The van der Waals surface area contributed by atoms with Crippen molar-refractivity contribution < 1.29 is 28.5 Å². The number of hydrogen-bond acceptors (Lipinski definition) is 6. The van der Waals surface area contributed by atoms with Gasteiger partial charge >= 0.3 is 11.9 Å². The third-order valence-corrected chi connectivity index (χ3v) is 15.8. The van der Waals surface area contributed by atoms with Crippen LogP contribution < -0.4 is 18.9 Å². The van der Waals surface area contributed by atoms with Gasteiger partial charge in [0.25, 0.3) is 0 Å². The van der Waals surface area contributed by atoms with Crippen LogP contribution in [0.2, 0.25) is 0 Å². The lowest BCUT2D eigenvalue weighted by Crippen LogP contribution is -2.26. The van der Waals surface area contributed by atoms with Gasteiger partial charge in [-0.05, 0) is 169 Å². The molecule has 0 atom stereocenters. The minimum atomic E-state index is -0.408. The van der Waals surface area contributed by atoms with E-state index in [2.05, 4.69) is 87.8 Å². The molecule has 6 aromatic carbocycles. The van der Waals surface area contributed by atoms with Gasteiger partial charge < -0.3 is 18.9 Å². The Labute approximate surface area is 487 Å². The maximum atomic E-state index is 13.1. The predicted octanol–water partition coefficient (Wildman–Crippen LogP) is 20.2. The fourth-order valence-electron chi connectivity index (χ4n) is 11.1. The predicted molar refractivity (Wildman–Crippen MR) is 334 cm³/mol. The van der Waals surface area contributed by atoms with Gasteiger partial charge in [-0.15, -0.1) is 0 Å². The highest BCUT2D eigenvalue weighted by molar-refractivity contribution is 5.92. The summed E-state index contributed by atoms with van der Waals surface area (Å²) in [6, 6.07) is 42.9. The lowest BCUT2D eigenvalue weighted by Gasteiger charge is -2.33. The highest BCUT2D eigenvalue weighted by atomic mass is 16.5. The summed E-state index contributed by atoms with van der Waals surface area (Å²) >= 11 is 0. The summed E-state index contributed by atoms with van der Waals surface area (Å²) in [4.78, 5) is 26.2. The highest BCUT2D eigenvalue weighted by Gasteiger charge is 2.42. The molecule has 0 bridgehead atoms. The fourth-order valence-corrected chi connectivity index (χ4v) is 11.1. The molecule has 0 aromatic heterocycles. The third-order valence-electron chi connectivity index (χ3n) is 15.8. The van der Waals surface area contributed by atoms with E-state index in [1.807, 2.05) is 72.8 Å². The first-order valence-electron chi connectivity index (χ1n) is 31.3. The van der Waals surface area contributed by atoms with E-state index >= 15 is 0 Å². The molecule has 0 aliphatic heterocycles. The Hall–Kier alpha value is -7.02. The van der Waals surface area contributed by atoms with Gasteiger partial charge in [-0.1, -0.05) is 205 Å². The van der Waals surface area contributed by atoms with Gasteiger partial charge in [0.1, 0.15) is 23.0 Å². The number of carbonyl (C=O) groups excluding carboxylic acids is 2. The van der Waals surface area contributed by atoms with Crippen molar-refractivity contribution in [3.63, 3.8) is 0 Å². The number of benzene rings is 6. The molecule has 0 fully saturated rings. The monoisotopic (exact) mass is 1090 g/mol. The summed E-state index contributed by atoms with van der Waals surface area (Å²) < 4.78 is 23.4. The van der Waals surface area contributed by atoms with Crippen LogP contribution in [0.4, 0.5) is 0 Å². The van der Waals surface area contributed by atoms with Crippen molar-refractivity contribution in [2.24, 2.45) is 0 Å². The molecule has 81 heavy (non-hydrogen) atoms. The second kappa shape index (κ2) is 34.3. The van der Waals surface area contributed by atoms with E-state index in [0.717, 1.165) is 72.3 Å². The van der Waals surface area contributed by atoms with Crippen LogP contribution in [0.25, 0.3) is 11.1 Å². The summed E-state index contributed by atoms with van der Waals surface area (Å²) in [5, 5.41) is 0. The van der Waals surface area contributed by atoms with Crippen molar-refractivity contribution in [3.8, 4) is 57.8 Å². The first kappa shape index (κ1) is 61.6. The van der Waals surface area contributed by atoms with Gasteiger partial charge in [0.05, 0.1) is 24.3 Å². The number of carbonyl (C=O) groups is 2. The van der Waals surface area contributed by atoms with E-state index in [0.29, 0.717) is 35.8 Å². The van der Waals surface area contributed by atoms with Crippen LogP contribution >= 0.6 is 0 Å². The largest absolute Gasteiger partial charge is 0.494 e. The quantitative estimate of drug-likeness (QED) is 0.0174. The van der Waals surface area contributed by atoms with Crippen molar-refractivity contribution in [2.45, 2.75) is 200 Å². The van der Waals surface area contributed by atoms with E-state index < -0.39 is 11.9 Å². The SMILES string of the molecule is CCCCCCCCCCOc1ccc(C(=O)Oc2ccc(C#Cc3ccc4c(c3)C(CCCCCC)(CCCCCC)c3cc(C#Cc5ccc(OC(=O)c6ccc(OCCCCCCCCCC)cc6)cc5)ccc3-4)cc2)cc1. The topological polar surface area (TPSA) is 71.1 Å². The van der Waals surface area contributed by atoms with Crippen LogP contribution in [0.3, 0.4) is 0 Å². The van der Waals surface area contributed by atoms with Crippen LogP contribution in [0.15, 0.2) is 133 Å². The van der Waals surface area contributed by atoms with Crippen LogP contribution in [-0.4, -0.2) is 25.2 Å². The van der Waals surface area contributed by atoms with Crippen molar-refractivity contribution in [3.05, 3.63) is 178 Å². The molecule has 7 rings (SSSR count). The average molecular weight is 1090 g/mol. The molecular weight excluding hydrogens is 997 g/mol. The zero-order valence-corrected chi connectivity index (χ0v) is 49.5. The first-order valence-corrected chi connectivity index (χ1v) is 31.3. The normalized spacial score (nSPS) is 11.9. The van der Waals surface area contributed by atoms with Crippen molar-refractivity contribution in [1.82, 2.24) is 0 Å². The minimum Gasteiger partial charge on any atom is -0.494 e. The molecular formula is C75H90O6. The van der Waals surface area contributed by atoms with Crippen LogP contribution in [0, 0.1) is 23.7 Å². The second-order valence-corrected chi connectivity index (χ2v) is 22.2. The summed E-state index contributed by atoms with van der Waals surface area (Å²) in [6.45, 7) is 10.4. The maximum absolute atomic E-state index is 13.1. The molecule has 6 aromatic rings. The second-order valence-electron chi connectivity index (χ2n) is 22.2. The molecule has 426 valence electrons. The Kier molecular flexibility index (Phi) is 26.1. The number of unbranched alkanes of at least 4 members (excludes halogenated alkanes) is 20. The summed E-state index contributed by atoms with van der Waals surface area (Å²) in [7, 11) is 0. The number of esters is 2. The molecule has 0 heterocycles. The summed E-state index contributed by atoms with van der Waals surface area (Å²) in [5.41, 5.74) is 9.77. The van der Waals surface area contributed by atoms with Gasteiger partial charge in [0, 0.05) is 27.7 Å². The van der Waals surface area contributed by atoms with Crippen molar-refractivity contribution >= 4 is 11.9 Å². The van der Waals surface area contributed by atoms with E-state index in [4.69, 9.17) is 18.9 Å². The Morgan fingerprint density at radius 2 is 0.630 bits per heavy atom. The molecule has 0 spiro atoms. The first-order chi connectivity index (χ1) is 39.8. The molecule has 1 aliphatic rings. The fraction of sp³-hybridized carbons (Fsp3) is 0.440. The maximum Gasteiger partial charge on any atom is 0.343 e. The van der Waals surface area contributed by atoms with Crippen LogP contribution in [0.1, 0.15) is 249 Å². The van der Waals surface area contributed by atoms with Gasteiger partial charge in [-0.2, -0.15) is 0 Å². The van der Waals surface area contributed by atoms with Crippen molar-refractivity contribution in [2.75, 3.05) is 13.2 Å². The Morgan fingerprint density at radius 3 is 0.988 bits per heavy atom. The zero-order valence-electron chi connectivity index (χ0n) is 49.5. The van der Waals surface area contributed by atoms with Gasteiger partial charge in [-0.3, -0.25) is 0 Å². The average Bonchev–Trinajstić information content (AvgIpc) is 3.99. The lowest BCUT2D eigenvalue weighted by molar-refractivity contribution is 0.0725. The molecule has 1 aliphatic carbocycles. The Bertz CT molecular complexity index is 2760. The van der Waals surface area contributed by atoms with E-state index in [1.54, 1.807) is 24.3 Å². The molecule has 0 unspecified atom stereocenters. The molecule has 6 nitrogen and oxygen atoms in total. The Morgan fingerprint density at radius 1 is 0.333 bits per heavy atom. The molecule has 0 amide bonds.